The number of carbonyl (C=O) groups is 2. The smallest absolute Gasteiger partial charge is 0.242 e. The number of ether oxygens (including phenoxy) is 1. The van der Waals surface area contributed by atoms with Crippen molar-refractivity contribution in [3.63, 3.8) is 0 Å². The van der Waals surface area contributed by atoms with E-state index in [2.05, 4.69) is 50.4 Å². The van der Waals surface area contributed by atoms with E-state index in [1.807, 2.05) is 36.4 Å². The molecule has 2 aromatic carbocycles. The maximum absolute atomic E-state index is 13.5. The van der Waals surface area contributed by atoms with Gasteiger partial charge in [0.2, 0.25) is 5.91 Å². The minimum absolute atomic E-state index is 0.0555. The standard InChI is InChI=1S/C36H46N6O3/c1-6-27-14-12-15-29(21-27)41-35-30-22-28(34(45-5)23-32(30)38-24-39-35)18-19-37-36(44)31(16-9-7-8-13-25(2)43)40-26(3)33-17-10-11-20-42(33)4/h1,12,14-15,21-24,31,33,40H,3,7-11,13,16-20H2,2,4-5H3,(H,37,44)(H,38,39,41)/t31-,33?/m0/s1. The van der Waals surface area contributed by atoms with Crippen LogP contribution in [0.25, 0.3) is 10.9 Å². The van der Waals surface area contributed by atoms with Gasteiger partial charge in [-0.15, -0.1) is 6.42 Å². The minimum Gasteiger partial charge on any atom is -0.496 e. The number of likely N-dealkylation sites (tertiary alicyclic amines) is 1. The van der Waals surface area contributed by atoms with Gasteiger partial charge in [0, 0.05) is 47.4 Å². The van der Waals surface area contributed by atoms with E-state index < -0.39 is 6.04 Å². The molecule has 238 valence electrons. The summed E-state index contributed by atoms with van der Waals surface area (Å²) in [6.07, 6.45) is 14.9. The molecule has 3 aromatic rings. The number of aromatic nitrogens is 2. The van der Waals surface area contributed by atoms with Crippen LogP contribution in [0.5, 0.6) is 5.75 Å². The molecule has 2 atom stereocenters. The summed E-state index contributed by atoms with van der Waals surface area (Å²) in [6.45, 7) is 7.40. The highest BCUT2D eigenvalue weighted by Crippen LogP contribution is 2.30. The number of benzene rings is 2. The number of rotatable bonds is 16. The van der Waals surface area contributed by atoms with E-state index in [1.165, 1.54) is 12.7 Å². The molecule has 1 aliphatic heterocycles. The molecule has 2 heterocycles. The number of anilines is 2. The molecule has 9 heteroatoms. The van der Waals surface area contributed by atoms with E-state index in [-0.39, 0.29) is 17.7 Å². The summed E-state index contributed by atoms with van der Waals surface area (Å²) < 4.78 is 5.70. The lowest BCUT2D eigenvalue weighted by Crippen LogP contribution is -2.49. The van der Waals surface area contributed by atoms with Crippen molar-refractivity contribution < 1.29 is 14.3 Å². The topological polar surface area (TPSA) is 108 Å². The molecule has 9 nitrogen and oxygen atoms in total. The molecule has 0 saturated carbocycles. The van der Waals surface area contributed by atoms with Gasteiger partial charge < -0.3 is 25.5 Å². The van der Waals surface area contributed by atoms with E-state index >= 15 is 0 Å². The number of fused-ring (bicyclic) bond motifs is 1. The van der Waals surface area contributed by atoms with E-state index in [1.54, 1.807) is 14.0 Å². The van der Waals surface area contributed by atoms with Crippen LogP contribution in [-0.4, -0.2) is 65.9 Å². The molecular weight excluding hydrogens is 564 g/mol. The zero-order valence-corrected chi connectivity index (χ0v) is 26.8. The molecule has 0 aliphatic carbocycles. The first-order chi connectivity index (χ1) is 21.8. The fourth-order valence-electron chi connectivity index (χ4n) is 5.88. The van der Waals surface area contributed by atoms with Crippen molar-refractivity contribution >= 4 is 34.1 Å². The molecule has 1 unspecified atom stereocenters. The monoisotopic (exact) mass is 610 g/mol. The Kier molecular flexibility index (Phi) is 12.3. The first kappa shape index (κ1) is 33.5. The average Bonchev–Trinajstić information content (AvgIpc) is 3.04. The van der Waals surface area contributed by atoms with Gasteiger partial charge in [-0.3, -0.25) is 9.69 Å². The van der Waals surface area contributed by atoms with Gasteiger partial charge in [-0.1, -0.05) is 37.8 Å². The molecule has 1 amide bonds. The Morgan fingerprint density at radius 2 is 2.02 bits per heavy atom. The van der Waals surface area contributed by atoms with Crippen molar-refractivity contribution in [1.29, 1.82) is 0 Å². The van der Waals surface area contributed by atoms with Gasteiger partial charge in [0.15, 0.2) is 0 Å². The Balaban J connectivity index is 1.44. The second kappa shape index (κ2) is 16.6. The molecule has 4 rings (SSSR count). The zero-order valence-electron chi connectivity index (χ0n) is 26.8. The number of likely N-dealkylation sites (N-methyl/N-ethyl adjacent to an activating group) is 1. The SMILES string of the molecule is C#Cc1cccc(Nc2ncnc3cc(OC)c(CCNC(=O)[C@H](CCCCCC(C)=O)NC(=C)C4CCCCN4C)cc23)c1. The van der Waals surface area contributed by atoms with Gasteiger partial charge in [0.1, 0.15) is 29.7 Å². The summed E-state index contributed by atoms with van der Waals surface area (Å²) in [5.74, 6) is 4.16. The molecule has 3 N–H and O–H groups in total. The molecule has 1 aliphatic rings. The van der Waals surface area contributed by atoms with Crippen LogP contribution in [0.1, 0.15) is 69.4 Å². The first-order valence-electron chi connectivity index (χ1n) is 15.9. The number of hydrogen-bond donors (Lipinski definition) is 3. The summed E-state index contributed by atoms with van der Waals surface area (Å²) >= 11 is 0. The van der Waals surface area contributed by atoms with Crippen LogP contribution < -0.4 is 20.7 Å². The fourth-order valence-corrected chi connectivity index (χ4v) is 5.88. The molecule has 0 bridgehead atoms. The number of amides is 1. The van der Waals surface area contributed by atoms with Gasteiger partial charge in [0.25, 0.3) is 0 Å². The number of unbranched alkanes of at least 4 members (excludes halogenated alkanes) is 2. The van der Waals surface area contributed by atoms with Crippen molar-refractivity contribution in [3.05, 3.63) is 66.1 Å². The van der Waals surface area contributed by atoms with Crippen LogP contribution in [0.4, 0.5) is 11.5 Å². The Morgan fingerprint density at radius 3 is 2.78 bits per heavy atom. The van der Waals surface area contributed by atoms with Gasteiger partial charge in [-0.2, -0.15) is 0 Å². The third-order valence-electron chi connectivity index (χ3n) is 8.39. The number of ketones is 1. The molecule has 1 saturated heterocycles. The van der Waals surface area contributed by atoms with Gasteiger partial charge >= 0.3 is 0 Å². The Hall–Kier alpha value is -4.42. The summed E-state index contributed by atoms with van der Waals surface area (Å²) in [5.41, 5.74) is 4.17. The van der Waals surface area contributed by atoms with Gasteiger partial charge in [-0.25, -0.2) is 9.97 Å². The largest absolute Gasteiger partial charge is 0.496 e. The minimum atomic E-state index is -0.397. The Bertz CT molecular complexity index is 1530. The molecule has 1 aromatic heterocycles. The predicted molar refractivity (Wildman–Crippen MR) is 181 cm³/mol. The highest BCUT2D eigenvalue weighted by Gasteiger charge is 2.26. The molecule has 45 heavy (non-hydrogen) atoms. The molecule has 1 fully saturated rings. The number of terminal acetylenes is 1. The lowest BCUT2D eigenvalue weighted by molar-refractivity contribution is -0.123. The molecular formula is C36H46N6O3. The Morgan fingerprint density at radius 1 is 1.18 bits per heavy atom. The number of methoxy groups -OCH3 is 1. The summed E-state index contributed by atoms with van der Waals surface area (Å²) in [5, 5.41) is 10.8. The third kappa shape index (κ3) is 9.53. The Labute approximate surface area is 267 Å². The number of nitrogens with one attached hydrogen (secondary N) is 3. The second-order valence-electron chi connectivity index (χ2n) is 11.8. The van der Waals surface area contributed by atoms with Gasteiger partial charge in [0.05, 0.1) is 12.6 Å². The normalized spacial score (nSPS) is 15.6. The molecule has 0 radical (unpaired) electrons. The fraction of sp³-hybridized carbons (Fsp3) is 0.444. The number of carbonyl (C=O) groups excluding carboxylic acids is 2. The maximum atomic E-state index is 13.5. The highest BCUT2D eigenvalue weighted by atomic mass is 16.5. The van der Waals surface area contributed by atoms with Crippen LogP contribution in [0.3, 0.4) is 0 Å². The summed E-state index contributed by atoms with van der Waals surface area (Å²) in [7, 11) is 3.75. The van der Waals surface area contributed by atoms with Crippen LogP contribution in [0.15, 0.2) is 55.0 Å². The van der Waals surface area contributed by atoms with Crippen molar-refractivity contribution in [2.24, 2.45) is 0 Å². The second-order valence-corrected chi connectivity index (χ2v) is 11.8. The first-order valence-corrected chi connectivity index (χ1v) is 15.9. The third-order valence-corrected chi connectivity index (χ3v) is 8.39. The van der Waals surface area contributed by atoms with Gasteiger partial charge in [-0.05, 0) is 82.4 Å². The summed E-state index contributed by atoms with van der Waals surface area (Å²) in [6, 6.07) is 11.3. The number of hydrogen-bond acceptors (Lipinski definition) is 8. The van der Waals surface area contributed by atoms with Crippen LogP contribution in [0, 0.1) is 12.3 Å². The average molecular weight is 611 g/mol. The van der Waals surface area contributed by atoms with E-state index in [4.69, 9.17) is 11.2 Å². The zero-order chi connectivity index (χ0) is 32.2. The van der Waals surface area contributed by atoms with Crippen molar-refractivity contribution in [1.82, 2.24) is 25.5 Å². The maximum Gasteiger partial charge on any atom is 0.242 e. The van der Waals surface area contributed by atoms with Crippen LogP contribution >= 0.6 is 0 Å². The number of piperidine rings is 1. The van der Waals surface area contributed by atoms with Crippen LogP contribution in [0.2, 0.25) is 0 Å². The summed E-state index contributed by atoms with van der Waals surface area (Å²) in [4.78, 5) is 36.1. The number of Topliss-reactive ketones (excluding diaryl/α,β-unsaturated/α-hetero) is 1. The molecule has 0 spiro atoms. The van der Waals surface area contributed by atoms with Crippen molar-refractivity contribution in [2.75, 3.05) is 32.6 Å². The van der Waals surface area contributed by atoms with Crippen molar-refractivity contribution in [3.8, 4) is 18.1 Å². The van der Waals surface area contributed by atoms with E-state index in [9.17, 15) is 9.59 Å². The van der Waals surface area contributed by atoms with E-state index in [0.717, 1.165) is 72.1 Å². The quantitative estimate of drug-likeness (QED) is 0.144. The lowest BCUT2D eigenvalue weighted by Gasteiger charge is -2.35. The van der Waals surface area contributed by atoms with E-state index in [0.29, 0.717) is 37.4 Å². The van der Waals surface area contributed by atoms with Crippen LogP contribution in [-0.2, 0) is 16.0 Å². The highest BCUT2D eigenvalue weighted by molar-refractivity contribution is 5.92. The number of nitrogens with zero attached hydrogens (tertiary/aromatic N) is 3. The van der Waals surface area contributed by atoms with Crippen molar-refractivity contribution in [2.45, 2.75) is 76.8 Å². The lowest BCUT2D eigenvalue weighted by atomic mass is 9.99. The predicted octanol–water partition coefficient (Wildman–Crippen LogP) is 5.52.